The maximum atomic E-state index is 10.3. The quantitative estimate of drug-likeness (QED) is 0.927. The Hall–Kier alpha value is -1.20. The van der Waals surface area contributed by atoms with Crippen molar-refractivity contribution in [2.75, 3.05) is 31.1 Å². The van der Waals surface area contributed by atoms with Crippen molar-refractivity contribution < 1.29 is 5.11 Å². The Morgan fingerprint density at radius 1 is 1.09 bits per heavy atom. The van der Waals surface area contributed by atoms with Crippen molar-refractivity contribution in [3.05, 3.63) is 17.6 Å². The van der Waals surface area contributed by atoms with E-state index in [9.17, 15) is 5.11 Å². The number of aliphatic hydroxyl groups excluding tert-OH is 1. The number of hydrogen-bond acceptors (Lipinski definition) is 5. The third-order valence-corrected chi connectivity index (χ3v) is 5.18. The predicted octanol–water partition coefficient (Wildman–Crippen LogP) is 2.33. The number of piperazine rings is 1. The molecule has 2 atom stereocenters. The first-order valence-electron chi connectivity index (χ1n) is 9.07. The van der Waals surface area contributed by atoms with Gasteiger partial charge in [-0.2, -0.15) is 0 Å². The zero-order chi connectivity index (χ0) is 16.4. The van der Waals surface area contributed by atoms with Gasteiger partial charge in [0.25, 0.3) is 0 Å². The van der Waals surface area contributed by atoms with E-state index in [1.54, 1.807) is 0 Å². The third kappa shape index (κ3) is 3.83. The Bertz CT molecular complexity index is 526. The molecule has 23 heavy (non-hydrogen) atoms. The second-order valence-corrected chi connectivity index (χ2v) is 7.32. The molecular formula is C18H30N4O. The maximum Gasteiger partial charge on any atom is 0.133 e. The minimum absolute atomic E-state index is 0.135. The van der Waals surface area contributed by atoms with Crippen LogP contribution >= 0.6 is 0 Å². The molecule has 1 aromatic heterocycles. The Labute approximate surface area is 139 Å². The molecule has 1 saturated carbocycles. The standard InChI is InChI=1S/C18H30N4O/c1-13(2)18-19-14(3)12-17(20-18)22-10-8-21(9-11-22)15-6-4-5-7-16(15)23/h12-13,15-16,23H,4-11H2,1-3H3. The van der Waals surface area contributed by atoms with E-state index in [0.29, 0.717) is 12.0 Å². The highest BCUT2D eigenvalue weighted by molar-refractivity contribution is 5.40. The Balaban J connectivity index is 1.65. The molecule has 128 valence electrons. The molecule has 5 nitrogen and oxygen atoms in total. The van der Waals surface area contributed by atoms with Gasteiger partial charge in [0.15, 0.2) is 0 Å². The third-order valence-electron chi connectivity index (χ3n) is 5.18. The first kappa shape index (κ1) is 16.7. The van der Waals surface area contributed by atoms with Gasteiger partial charge in [0.2, 0.25) is 0 Å². The highest BCUT2D eigenvalue weighted by Crippen LogP contribution is 2.25. The summed E-state index contributed by atoms with van der Waals surface area (Å²) in [4.78, 5) is 14.2. The van der Waals surface area contributed by atoms with Crippen LogP contribution in [0.5, 0.6) is 0 Å². The van der Waals surface area contributed by atoms with Gasteiger partial charge in [0.1, 0.15) is 11.6 Å². The number of rotatable bonds is 3. The van der Waals surface area contributed by atoms with Crippen molar-refractivity contribution in [1.82, 2.24) is 14.9 Å². The van der Waals surface area contributed by atoms with Gasteiger partial charge in [0.05, 0.1) is 6.10 Å². The highest BCUT2D eigenvalue weighted by atomic mass is 16.3. The van der Waals surface area contributed by atoms with E-state index in [-0.39, 0.29) is 6.10 Å². The molecule has 2 unspecified atom stereocenters. The van der Waals surface area contributed by atoms with Gasteiger partial charge in [0, 0.05) is 49.9 Å². The number of aromatic nitrogens is 2. The lowest BCUT2D eigenvalue weighted by atomic mass is 9.91. The lowest BCUT2D eigenvalue weighted by molar-refractivity contribution is 0.0172. The van der Waals surface area contributed by atoms with Crippen LogP contribution in [0, 0.1) is 6.92 Å². The molecule has 0 amide bonds. The highest BCUT2D eigenvalue weighted by Gasteiger charge is 2.31. The first-order valence-corrected chi connectivity index (χ1v) is 9.07. The molecule has 3 rings (SSSR count). The number of anilines is 1. The normalized spacial score (nSPS) is 26.7. The monoisotopic (exact) mass is 318 g/mol. The predicted molar refractivity (Wildman–Crippen MR) is 92.9 cm³/mol. The number of nitrogens with zero attached hydrogens (tertiary/aromatic N) is 4. The summed E-state index contributed by atoms with van der Waals surface area (Å²) in [6.45, 7) is 10.3. The van der Waals surface area contributed by atoms with E-state index in [0.717, 1.165) is 56.4 Å². The van der Waals surface area contributed by atoms with E-state index in [1.807, 2.05) is 6.92 Å². The van der Waals surface area contributed by atoms with Crippen LogP contribution in [0.25, 0.3) is 0 Å². The van der Waals surface area contributed by atoms with Crippen LogP contribution in [-0.2, 0) is 0 Å². The van der Waals surface area contributed by atoms with Crippen molar-refractivity contribution >= 4 is 5.82 Å². The molecule has 0 aromatic carbocycles. The van der Waals surface area contributed by atoms with Crippen molar-refractivity contribution in [3.8, 4) is 0 Å². The van der Waals surface area contributed by atoms with E-state index in [1.165, 1.54) is 12.8 Å². The lowest BCUT2D eigenvalue weighted by Crippen LogP contribution is -2.54. The fourth-order valence-corrected chi connectivity index (χ4v) is 3.79. The summed E-state index contributed by atoms with van der Waals surface area (Å²) in [6.07, 6.45) is 4.41. The Kier molecular flexibility index (Phi) is 5.17. The average molecular weight is 318 g/mol. The van der Waals surface area contributed by atoms with Gasteiger partial charge in [-0.15, -0.1) is 0 Å². The maximum absolute atomic E-state index is 10.3. The van der Waals surface area contributed by atoms with Gasteiger partial charge >= 0.3 is 0 Å². The largest absolute Gasteiger partial charge is 0.391 e. The average Bonchev–Trinajstić information content (AvgIpc) is 2.55. The summed E-state index contributed by atoms with van der Waals surface area (Å²) in [5.41, 5.74) is 1.05. The fraction of sp³-hybridized carbons (Fsp3) is 0.778. The van der Waals surface area contributed by atoms with Gasteiger partial charge < -0.3 is 10.0 Å². The van der Waals surface area contributed by atoms with Crippen LogP contribution < -0.4 is 4.90 Å². The number of hydrogen-bond donors (Lipinski definition) is 1. The fourth-order valence-electron chi connectivity index (χ4n) is 3.79. The van der Waals surface area contributed by atoms with Gasteiger partial charge in [-0.1, -0.05) is 26.7 Å². The van der Waals surface area contributed by atoms with E-state index in [2.05, 4.69) is 34.7 Å². The molecular weight excluding hydrogens is 288 g/mol. The zero-order valence-electron chi connectivity index (χ0n) is 14.7. The summed E-state index contributed by atoms with van der Waals surface area (Å²) in [5.74, 6) is 2.35. The molecule has 1 aliphatic carbocycles. The molecule has 2 fully saturated rings. The molecule has 2 aliphatic rings. The molecule has 5 heteroatoms. The van der Waals surface area contributed by atoms with Gasteiger partial charge in [-0.3, -0.25) is 4.90 Å². The minimum Gasteiger partial charge on any atom is -0.391 e. The summed E-state index contributed by atoms with van der Waals surface area (Å²) >= 11 is 0. The molecule has 2 heterocycles. The van der Waals surface area contributed by atoms with Crippen LogP contribution in [0.15, 0.2) is 6.07 Å². The van der Waals surface area contributed by atoms with Gasteiger partial charge in [-0.25, -0.2) is 9.97 Å². The zero-order valence-corrected chi connectivity index (χ0v) is 14.7. The van der Waals surface area contributed by atoms with E-state index in [4.69, 9.17) is 4.98 Å². The molecule has 1 aliphatic heterocycles. The molecule has 0 radical (unpaired) electrons. The number of aryl methyl sites for hydroxylation is 1. The van der Waals surface area contributed by atoms with Crippen LogP contribution in [-0.4, -0.2) is 58.3 Å². The van der Waals surface area contributed by atoms with Crippen molar-refractivity contribution in [3.63, 3.8) is 0 Å². The van der Waals surface area contributed by atoms with Gasteiger partial charge in [-0.05, 0) is 19.8 Å². The van der Waals surface area contributed by atoms with Crippen LogP contribution in [0.2, 0.25) is 0 Å². The van der Waals surface area contributed by atoms with E-state index < -0.39 is 0 Å². The SMILES string of the molecule is Cc1cc(N2CCN(C3CCCCC3O)CC2)nc(C(C)C)n1. The molecule has 0 spiro atoms. The van der Waals surface area contributed by atoms with Crippen molar-refractivity contribution in [2.24, 2.45) is 0 Å². The van der Waals surface area contributed by atoms with E-state index >= 15 is 0 Å². The second-order valence-electron chi connectivity index (χ2n) is 7.32. The summed E-state index contributed by atoms with van der Waals surface area (Å²) in [7, 11) is 0. The minimum atomic E-state index is -0.135. The second kappa shape index (κ2) is 7.14. The van der Waals surface area contributed by atoms with Crippen LogP contribution in [0.3, 0.4) is 0 Å². The van der Waals surface area contributed by atoms with Crippen molar-refractivity contribution in [2.45, 2.75) is 64.5 Å². The molecule has 1 aromatic rings. The summed E-state index contributed by atoms with van der Waals surface area (Å²) in [6, 6.07) is 2.46. The lowest BCUT2D eigenvalue weighted by Gasteiger charge is -2.43. The smallest absolute Gasteiger partial charge is 0.133 e. The van der Waals surface area contributed by atoms with Crippen LogP contribution in [0.4, 0.5) is 5.82 Å². The number of aliphatic hydroxyl groups is 1. The molecule has 1 saturated heterocycles. The molecule has 0 bridgehead atoms. The molecule has 1 N–H and O–H groups in total. The Morgan fingerprint density at radius 3 is 2.43 bits per heavy atom. The summed E-state index contributed by atoms with van der Waals surface area (Å²) in [5, 5.41) is 10.3. The first-order chi connectivity index (χ1) is 11.0. The topological polar surface area (TPSA) is 52.5 Å². The summed E-state index contributed by atoms with van der Waals surface area (Å²) < 4.78 is 0. The van der Waals surface area contributed by atoms with Crippen molar-refractivity contribution in [1.29, 1.82) is 0 Å². The van der Waals surface area contributed by atoms with Crippen LogP contribution in [0.1, 0.15) is 57.0 Å². The Morgan fingerprint density at radius 2 is 1.78 bits per heavy atom.